The van der Waals surface area contributed by atoms with Gasteiger partial charge in [0.15, 0.2) is 0 Å². The van der Waals surface area contributed by atoms with E-state index in [0.717, 1.165) is 48.3 Å². The van der Waals surface area contributed by atoms with Gasteiger partial charge in [0, 0.05) is 51.1 Å². The van der Waals surface area contributed by atoms with E-state index in [1.54, 1.807) is 10.7 Å². The predicted octanol–water partition coefficient (Wildman–Crippen LogP) is 3.92. The summed E-state index contributed by atoms with van der Waals surface area (Å²) in [5, 5.41) is 10.4. The average molecular weight is 479 g/mol. The van der Waals surface area contributed by atoms with Gasteiger partial charge >= 0.3 is 0 Å². The summed E-state index contributed by atoms with van der Waals surface area (Å²) >= 11 is 0. The van der Waals surface area contributed by atoms with Gasteiger partial charge in [-0.1, -0.05) is 12.8 Å². The molecule has 1 aliphatic carbocycles. The van der Waals surface area contributed by atoms with E-state index in [1.807, 2.05) is 37.8 Å². The Morgan fingerprint density at radius 3 is 2.63 bits per heavy atom. The average Bonchev–Trinajstić information content (AvgIpc) is 3.61. The summed E-state index contributed by atoms with van der Waals surface area (Å²) in [6, 6.07) is 3.63. The summed E-state index contributed by atoms with van der Waals surface area (Å²) < 4.78 is 9.58. The smallest absolute Gasteiger partial charge is 0.253 e. The zero-order valence-corrected chi connectivity index (χ0v) is 20.8. The molecule has 0 spiro atoms. The van der Waals surface area contributed by atoms with Crippen molar-refractivity contribution < 1.29 is 14.3 Å². The Morgan fingerprint density at radius 1 is 1.14 bits per heavy atom. The molecule has 2 aromatic heterocycles. The molecule has 1 saturated heterocycles. The monoisotopic (exact) mass is 478 g/mol. The van der Waals surface area contributed by atoms with Gasteiger partial charge < -0.3 is 19.9 Å². The molecule has 0 bridgehead atoms. The summed E-state index contributed by atoms with van der Waals surface area (Å²) in [7, 11) is 3.79. The molecule has 186 valence electrons. The highest BCUT2D eigenvalue weighted by molar-refractivity contribution is 6.07. The molecule has 0 unspecified atom stereocenters. The van der Waals surface area contributed by atoms with E-state index in [0.29, 0.717) is 42.3 Å². The number of benzene rings is 1. The third-order valence-corrected chi connectivity index (χ3v) is 7.25. The molecule has 9 heteroatoms. The van der Waals surface area contributed by atoms with Crippen molar-refractivity contribution in [3.05, 3.63) is 41.0 Å². The first-order valence-electron chi connectivity index (χ1n) is 12.6. The van der Waals surface area contributed by atoms with Crippen molar-refractivity contribution in [1.82, 2.24) is 24.6 Å². The summed E-state index contributed by atoms with van der Waals surface area (Å²) in [6.07, 6.45) is 8.86. The third kappa shape index (κ3) is 4.96. The van der Waals surface area contributed by atoms with Crippen LogP contribution in [-0.2, 0) is 30.2 Å². The molecule has 5 rings (SSSR count). The number of carbonyl (C=O) groups is 2. The van der Waals surface area contributed by atoms with Crippen LogP contribution in [0.3, 0.4) is 0 Å². The molecule has 2 amide bonds. The molecule has 2 N–H and O–H groups in total. The second-order valence-corrected chi connectivity index (χ2v) is 9.92. The maximum atomic E-state index is 13.4. The first-order chi connectivity index (χ1) is 16.9. The maximum absolute atomic E-state index is 13.4. The Hall–Kier alpha value is -3.20. The van der Waals surface area contributed by atoms with Crippen LogP contribution in [0.4, 0.5) is 5.69 Å². The van der Waals surface area contributed by atoms with Crippen LogP contribution in [0.25, 0.3) is 11.0 Å². The molecule has 2 fully saturated rings. The van der Waals surface area contributed by atoms with Gasteiger partial charge in [-0.15, -0.1) is 0 Å². The highest BCUT2D eigenvalue weighted by Crippen LogP contribution is 2.33. The van der Waals surface area contributed by atoms with Crippen LogP contribution in [0.15, 0.2) is 18.3 Å². The predicted molar refractivity (Wildman–Crippen MR) is 133 cm³/mol. The lowest BCUT2D eigenvalue weighted by atomic mass is 10.0. The van der Waals surface area contributed by atoms with Gasteiger partial charge in [-0.05, 0) is 50.7 Å². The Balaban J connectivity index is 1.45. The van der Waals surface area contributed by atoms with Crippen molar-refractivity contribution in [3.8, 4) is 0 Å². The minimum absolute atomic E-state index is 0.0103. The van der Waals surface area contributed by atoms with E-state index >= 15 is 0 Å². The van der Waals surface area contributed by atoms with E-state index in [-0.39, 0.29) is 17.9 Å². The fourth-order valence-electron chi connectivity index (χ4n) is 5.47. The van der Waals surface area contributed by atoms with E-state index in [9.17, 15) is 9.59 Å². The van der Waals surface area contributed by atoms with Crippen molar-refractivity contribution in [3.63, 3.8) is 0 Å². The summed E-state index contributed by atoms with van der Waals surface area (Å²) in [6.45, 7) is 3.01. The molecule has 0 radical (unpaired) electrons. The van der Waals surface area contributed by atoms with Crippen LogP contribution in [0, 0.1) is 12.8 Å². The number of nitrogens with zero attached hydrogens (tertiary/aromatic N) is 4. The highest BCUT2D eigenvalue weighted by Gasteiger charge is 2.26. The van der Waals surface area contributed by atoms with Crippen LogP contribution in [0.1, 0.15) is 78.5 Å². The first-order valence-corrected chi connectivity index (χ1v) is 12.6. The summed E-state index contributed by atoms with van der Waals surface area (Å²) in [5.74, 6) is 1.03. The van der Waals surface area contributed by atoms with Gasteiger partial charge in [0.05, 0.1) is 22.3 Å². The van der Waals surface area contributed by atoms with Crippen LogP contribution in [-0.4, -0.2) is 37.8 Å². The standard InChI is InChI=1S/C26H34N6O3/c1-16-18(15-31(2)30-16)14-27-26(34)20-12-19(28-23(33)11-17-7-4-5-8-17)13-21-24(20)32(3)25(29-21)22-9-6-10-35-22/h12-13,15,17,22H,4-11,14H2,1-3H3,(H,27,34)(H,28,33)/t22-/m1/s1. The number of ether oxygens (including phenoxy) is 1. The van der Waals surface area contributed by atoms with Crippen LogP contribution in [0.2, 0.25) is 0 Å². The minimum atomic E-state index is -0.216. The Morgan fingerprint density at radius 2 is 1.94 bits per heavy atom. The normalized spacial score (nSPS) is 18.4. The Kier molecular flexibility index (Phi) is 6.60. The number of hydrogen-bond donors (Lipinski definition) is 2. The topological polar surface area (TPSA) is 103 Å². The zero-order chi connectivity index (χ0) is 24.5. The fourth-order valence-corrected chi connectivity index (χ4v) is 5.47. The Labute approximate surface area is 205 Å². The number of aryl methyl sites for hydroxylation is 3. The molecule has 35 heavy (non-hydrogen) atoms. The number of fused-ring (bicyclic) bond motifs is 1. The molecule has 3 aromatic rings. The van der Waals surface area contributed by atoms with Gasteiger partial charge in [0.1, 0.15) is 11.9 Å². The van der Waals surface area contributed by atoms with E-state index < -0.39 is 0 Å². The SMILES string of the molecule is Cc1nn(C)cc1CNC(=O)c1cc(NC(=O)CC2CCCC2)cc2nc([C@H]3CCCO3)n(C)c12. The number of amides is 2. The van der Waals surface area contributed by atoms with Gasteiger partial charge in [-0.25, -0.2) is 4.98 Å². The van der Waals surface area contributed by atoms with Crippen molar-refractivity contribution in [2.75, 3.05) is 11.9 Å². The van der Waals surface area contributed by atoms with Gasteiger partial charge in [0.2, 0.25) is 5.91 Å². The lowest BCUT2D eigenvalue weighted by Gasteiger charge is -2.13. The van der Waals surface area contributed by atoms with Gasteiger partial charge in [-0.3, -0.25) is 14.3 Å². The lowest BCUT2D eigenvalue weighted by Crippen LogP contribution is -2.24. The molecule has 9 nitrogen and oxygen atoms in total. The minimum Gasteiger partial charge on any atom is -0.370 e. The quantitative estimate of drug-likeness (QED) is 0.536. The number of rotatable bonds is 7. The first kappa shape index (κ1) is 23.5. The molecule has 1 saturated carbocycles. The number of anilines is 1. The molecule has 1 atom stereocenters. The molecule has 1 aromatic carbocycles. The second-order valence-electron chi connectivity index (χ2n) is 9.92. The van der Waals surface area contributed by atoms with E-state index in [1.165, 1.54) is 12.8 Å². The number of nitrogens with one attached hydrogen (secondary N) is 2. The van der Waals surface area contributed by atoms with Crippen molar-refractivity contribution in [1.29, 1.82) is 0 Å². The molecule has 1 aliphatic heterocycles. The highest BCUT2D eigenvalue weighted by atomic mass is 16.5. The number of hydrogen-bond acceptors (Lipinski definition) is 5. The zero-order valence-electron chi connectivity index (χ0n) is 20.8. The Bertz CT molecular complexity index is 1250. The van der Waals surface area contributed by atoms with Crippen LogP contribution < -0.4 is 10.6 Å². The number of aromatic nitrogens is 4. The number of imidazole rings is 1. The fraction of sp³-hybridized carbons (Fsp3) is 0.538. The van der Waals surface area contributed by atoms with E-state index in [4.69, 9.17) is 9.72 Å². The molecule has 2 aliphatic rings. The molecular weight excluding hydrogens is 444 g/mol. The van der Waals surface area contributed by atoms with Crippen molar-refractivity contribution in [2.45, 2.75) is 64.5 Å². The maximum Gasteiger partial charge on any atom is 0.253 e. The van der Waals surface area contributed by atoms with Gasteiger partial charge in [0.25, 0.3) is 5.91 Å². The molecule has 3 heterocycles. The summed E-state index contributed by atoms with van der Waals surface area (Å²) in [5.41, 5.74) is 4.35. The van der Waals surface area contributed by atoms with E-state index in [2.05, 4.69) is 15.7 Å². The van der Waals surface area contributed by atoms with Crippen molar-refractivity contribution >= 4 is 28.5 Å². The van der Waals surface area contributed by atoms with Crippen LogP contribution in [0.5, 0.6) is 0 Å². The largest absolute Gasteiger partial charge is 0.370 e. The molecular formula is C26H34N6O3. The number of carbonyl (C=O) groups excluding carboxylic acids is 2. The third-order valence-electron chi connectivity index (χ3n) is 7.25. The van der Waals surface area contributed by atoms with Crippen LogP contribution >= 0.6 is 0 Å². The van der Waals surface area contributed by atoms with Gasteiger partial charge in [-0.2, -0.15) is 5.10 Å². The second kappa shape index (κ2) is 9.81. The van der Waals surface area contributed by atoms with Crippen molar-refractivity contribution in [2.24, 2.45) is 20.0 Å². The summed E-state index contributed by atoms with van der Waals surface area (Å²) in [4.78, 5) is 31.0. The lowest BCUT2D eigenvalue weighted by molar-refractivity contribution is -0.117.